The van der Waals surface area contributed by atoms with Crippen molar-refractivity contribution in [1.29, 1.82) is 0 Å². The van der Waals surface area contributed by atoms with E-state index in [1.165, 1.54) is 25.1 Å². The first-order valence-corrected chi connectivity index (χ1v) is 9.89. The van der Waals surface area contributed by atoms with Gasteiger partial charge in [0, 0.05) is 12.1 Å². The molecule has 7 heteroatoms. The van der Waals surface area contributed by atoms with Crippen molar-refractivity contribution in [3.8, 4) is 5.75 Å². The minimum absolute atomic E-state index is 0.00362. The highest BCUT2D eigenvalue weighted by Gasteiger charge is 2.20. The van der Waals surface area contributed by atoms with Crippen LogP contribution in [0.1, 0.15) is 21.5 Å². The van der Waals surface area contributed by atoms with Gasteiger partial charge in [0.1, 0.15) is 16.5 Å². The number of carbonyl (C=O) groups is 1. The summed E-state index contributed by atoms with van der Waals surface area (Å²) >= 11 is 0. The Kier molecular flexibility index (Phi) is 5.75. The Labute approximate surface area is 162 Å². The molecular weight excluding hydrogens is 381 g/mol. The Morgan fingerprint density at radius 2 is 1.75 bits per heavy atom. The van der Waals surface area contributed by atoms with Gasteiger partial charge in [-0.2, -0.15) is 8.42 Å². The molecule has 3 aromatic carbocycles. The van der Waals surface area contributed by atoms with E-state index in [9.17, 15) is 17.6 Å². The molecule has 0 bridgehead atoms. The molecule has 0 aliphatic carbocycles. The van der Waals surface area contributed by atoms with Gasteiger partial charge in [-0.3, -0.25) is 4.79 Å². The van der Waals surface area contributed by atoms with Crippen molar-refractivity contribution in [3.63, 3.8) is 0 Å². The van der Waals surface area contributed by atoms with Crippen molar-refractivity contribution in [2.75, 3.05) is 0 Å². The Bertz CT molecular complexity index is 1100. The fraction of sp³-hybridized carbons (Fsp3) is 0.0952. The first-order valence-electron chi connectivity index (χ1n) is 8.48. The van der Waals surface area contributed by atoms with E-state index in [0.717, 1.165) is 23.8 Å². The number of hydrogen-bond acceptors (Lipinski definition) is 4. The van der Waals surface area contributed by atoms with Gasteiger partial charge >= 0.3 is 10.1 Å². The molecule has 3 rings (SSSR count). The van der Waals surface area contributed by atoms with Gasteiger partial charge in [-0.05, 0) is 54.4 Å². The van der Waals surface area contributed by atoms with E-state index >= 15 is 0 Å². The highest BCUT2D eigenvalue weighted by atomic mass is 32.2. The third-order valence-electron chi connectivity index (χ3n) is 4.00. The summed E-state index contributed by atoms with van der Waals surface area (Å²) in [6, 6.07) is 18.6. The largest absolute Gasteiger partial charge is 0.379 e. The molecule has 0 unspecified atom stereocenters. The van der Waals surface area contributed by atoms with E-state index in [0.29, 0.717) is 6.54 Å². The quantitative estimate of drug-likeness (QED) is 0.640. The zero-order valence-electron chi connectivity index (χ0n) is 15.1. The van der Waals surface area contributed by atoms with E-state index < -0.39 is 15.9 Å². The van der Waals surface area contributed by atoms with E-state index in [1.807, 2.05) is 30.3 Å². The maximum Gasteiger partial charge on any atom is 0.339 e. The maximum atomic E-state index is 13.2. The van der Waals surface area contributed by atoms with Crippen molar-refractivity contribution in [3.05, 3.63) is 95.3 Å². The van der Waals surface area contributed by atoms with Gasteiger partial charge in [0.25, 0.3) is 5.91 Å². The molecule has 0 radical (unpaired) electrons. The zero-order valence-corrected chi connectivity index (χ0v) is 15.9. The van der Waals surface area contributed by atoms with Crippen LogP contribution in [-0.2, 0) is 16.7 Å². The normalized spacial score (nSPS) is 11.1. The second-order valence-electron chi connectivity index (χ2n) is 6.14. The lowest BCUT2D eigenvalue weighted by molar-refractivity contribution is 0.0950. The molecule has 0 spiro atoms. The van der Waals surface area contributed by atoms with Gasteiger partial charge in [0.15, 0.2) is 0 Å². The molecule has 0 heterocycles. The fourth-order valence-electron chi connectivity index (χ4n) is 2.63. The molecule has 1 amide bonds. The highest BCUT2D eigenvalue weighted by molar-refractivity contribution is 7.87. The lowest BCUT2D eigenvalue weighted by Gasteiger charge is -2.11. The number of benzene rings is 3. The first kappa shape index (κ1) is 19.6. The third kappa shape index (κ3) is 4.75. The minimum Gasteiger partial charge on any atom is -0.379 e. The lowest BCUT2D eigenvalue weighted by Crippen LogP contribution is -2.22. The van der Waals surface area contributed by atoms with Crippen LogP contribution in [0, 0.1) is 12.7 Å². The molecule has 0 fully saturated rings. The Hall–Kier alpha value is -3.19. The predicted molar refractivity (Wildman–Crippen MR) is 103 cm³/mol. The summed E-state index contributed by atoms with van der Waals surface area (Å²) in [7, 11) is -4.16. The monoisotopic (exact) mass is 399 g/mol. The van der Waals surface area contributed by atoms with Crippen molar-refractivity contribution < 1.29 is 21.8 Å². The molecule has 0 saturated carbocycles. The number of amides is 1. The minimum atomic E-state index is -4.16. The third-order valence-corrected chi connectivity index (χ3v) is 5.41. The molecule has 0 aliphatic heterocycles. The van der Waals surface area contributed by atoms with Crippen molar-refractivity contribution in [2.24, 2.45) is 0 Å². The van der Waals surface area contributed by atoms with Gasteiger partial charge in [-0.1, -0.05) is 36.4 Å². The predicted octanol–water partition coefficient (Wildman–Crippen LogP) is 3.83. The topological polar surface area (TPSA) is 72.5 Å². The summed E-state index contributed by atoms with van der Waals surface area (Å²) in [6.07, 6.45) is 0. The number of hydrogen-bond donors (Lipinski definition) is 1. The lowest BCUT2D eigenvalue weighted by atomic mass is 10.2. The number of rotatable bonds is 6. The van der Waals surface area contributed by atoms with E-state index in [1.54, 1.807) is 6.07 Å². The Morgan fingerprint density at radius 3 is 2.46 bits per heavy atom. The van der Waals surface area contributed by atoms with Gasteiger partial charge < -0.3 is 9.50 Å². The van der Waals surface area contributed by atoms with Crippen LogP contribution >= 0.6 is 0 Å². The standard InChI is InChI=1S/C21H18FNO4S/c1-15-12-18(22)10-11-20(15)28(25,26)27-19-9-5-8-17(13-19)21(24)23-14-16-6-3-2-4-7-16/h2-13H,14H2,1H3,(H,23,24). The van der Waals surface area contributed by atoms with Crippen LogP contribution < -0.4 is 9.50 Å². The summed E-state index contributed by atoms with van der Waals surface area (Å²) in [5.74, 6) is -0.894. The van der Waals surface area contributed by atoms with Crippen molar-refractivity contribution in [1.82, 2.24) is 5.32 Å². The van der Waals surface area contributed by atoms with Crippen LogP contribution in [0.15, 0.2) is 77.7 Å². The molecular formula is C21H18FNO4S. The van der Waals surface area contributed by atoms with E-state index in [-0.39, 0.29) is 27.7 Å². The summed E-state index contributed by atoms with van der Waals surface area (Å²) in [5.41, 5.74) is 1.44. The summed E-state index contributed by atoms with van der Waals surface area (Å²) < 4.78 is 43.3. The van der Waals surface area contributed by atoms with Gasteiger partial charge in [-0.15, -0.1) is 0 Å². The smallest absolute Gasteiger partial charge is 0.339 e. The molecule has 3 aromatic rings. The van der Waals surface area contributed by atoms with Crippen LogP contribution in [0.2, 0.25) is 0 Å². The van der Waals surface area contributed by atoms with Crippen LogP contribution in [0.25, 0.3) is 0 Å². The Morgan fingerprint density at radius 1 is 1.00 bits per heavy atom. The van der Waals surface area contributed by atoms with Gasteiger partial charge in [0.2, 0.25) is 0 Å². The van der Waals surface area contributed by atoms with Crippen LogP contribution in [0.4, 0.5) is 4.39 Å². The number of nitrogens with one attached hydrogen (secondary N) is 1. The summed E-state index contributed by atoms with van der Waals surface area (Å²) in [6.45, 7) is 1.82. The molecule has 1 N–H and O–H groups in total. The van der Waals surface area contributed by atoms with Crippen LogP contribution in [0.5, 0.6) is 5.75 Å². The van der Waals surface area contributed by atoms with E-state index in [4.69, 9.17) is 4.18 Å². The Balaban J connectivity index is 1.74. The molecule has 5 nitrogen and oxygen atoms in total. The number of aryl methyl sites for hydroxylation is 1. The maximum absolute atomic E-state index is 13.2. The number of halogens is 1. The second kappa shape index (κ2) is 8.22. The van der Waals surface area contributed by atoms with Crippen molar-refractivity contribution in [2.45, 2.75) is 18.4 Å². The molecule has 0 aromatic heterocycles. The average molecular weight is 399 g/mol. The molecule has 144 valence electrons. The SMILES string of the molecule is Cc1cc(F)ccc1S(=O)(=O)Oc1cccc(C(=O)NCc2ccccc2)c1. The average Bonchev–Trinajstić information content (AvgIpc) is 2.66. The highest BCUT2D eigenvalue weighted by Crippen LogP contribution is 2.22. The van der Waals surface area contributed by atoms with Gasteiger partial charge in [0.05, 0.1) is 0 Å². The van der Waals surface area contributed by atoms with Gasteiger partial charge in [-0.25, -0.2) is 4.39 Å². The van der Waals surface area contributed by atoms with Crippen LogP contribution in [0.3, 0.4) is 0 Å². The molecule has 0 saturated heterocycles. The summed E-state index contributed by atoms with van der Waals surface area (Å²) in [4.78, 5) is 12.2. The van der Waals surface area contributed by atoms with Crippen LogP contribution in [-0.4, -0.2) is 14.3 Å². The first-order chi connectivity index (χ1) is 13.3. The fourth-order valence-corrected chi connectivity index (χ4v) is 3.77. The second-order valence-corrected chi connectivity index (χ2v) is 7.66. The van der Waals surface area contributed by atoms with Crippen molar-refractivity contribution >= 4 is 16.0 Å². The molecule has 0 atom stereocenters. The van der Waals surface area contributed by atoms with E-state index in [2.05, 4.69) is 5.32 Å². The number of carbonyl (C=O) groups excluding carboxylic acids is 1. The molecule has 0 aliphatic rings. The zero-order chi connectivity index (χ0) is 20.1. The summed E-state index contributed by atoms with van der Waals surface area (Å²) in [5, 5.41) is 2.77. The molecule has 28 heavy (non-hydrogen) atoms.